The third-order valence-corrected chi connectivity index (χ3v) is 4.92. The van der Waals surface area contributed by atoms with Crippen LogP contribution in [0.15, 0.2) is 42.7 Å². The second-order valence-corrected chi connectivity index (χ2v) is 6.71. The van der Waals surface area contributed by atoms with Crippen LogP contribution in [0.1, 0.15) is 31.7 Å². The highest BCUT2D eigenvalue weighted by Gasteiger charge is 2.24. The number of amides is 1. The van der Waals surface area contributed by atoms with E-state index in [0.29, 0.717) is 12.3 Å². The van der Waals surface area contributed by atoms with E-state index in [-0.39, 0.29) is 11.9 Å². The van der Waals surface area contributed by atoms with Crippen molar-refractivity contribution in [3.8, 4) is 5.69 Å². The average Bonchev–Trinajstić information content (AvgIpc) is 3.09. The molecule has 5 nitrogen and oxygen atoms in total. The highest BCUT2D eigenvalue weighted by atomic mass is 16.2. The van der Waals surface area contributed by atoms with Crippen molar-refractivity contribution in [3.05, 3.63) is 48.3 Å². The summed E-state index contributed by atoms with van der Waals surface area (Å²) in [5.74, 6) is 0.795. The van der Waals surface area contributed by atoms with Crippen LogP contribution in [-0.4, -0.2) is 39.7 Å². The van der Waals surface area contributed by atoms with Crippen molar-refractivity contribution in [2.75, 3.05) is 13.1 Å². The number of para-hydroxylation sites is 1. The molecular formula is C19H26N4O. The molecule has 1 fully saturated rings. The summed E-state index contributed by atoms with van der Waals surface area (Å²) in [5, 5.41) is 4.38. The number of aryl methyl sites for hydroxylation is 1. The highest BCUT2D eigenvalue weighted by molar-refractivity contribution is 5.76. The van der Waals surface area contributed by atoms with Crippen LogP contribution < -0.4 is 5.73 Å². The zero-order valence-electron chi connectivity index (χ0n) is 14.3. The van der Waals surface area contributed by atoms with Crippen molar-refractivity contribution < 1.29 is 4.79 Å². The summed E-state index contributed by atoms with van der Waals surface area (Å²) >= 11 is 0. The van der Waals surface area contributed by atoms with Crippen molar-refractivity contribution in [2.45, 2.75) is 38.6 Å². The molecule has 2 N–H and O–H groups in total. The Labute approximate surface area is 143 Å². The van der Waals surface area contributed by atoms with Gasteiger partial charge in [-0.05, 0) is 49.8 Å². The fraction of sp³-hybridized carbons (Fsp3) is 0.474. The first kappa shape index (κ1) is 16.7. The standard InChI is InChI=1S/C19H26N4O/c1-15(20)17-9-11-22(12-10-17)19(24)8-7-16-13-21-23(14-16)18-5-3-2-4-6-18/h2-6,13-15,17H,7-12,20H2,1H3. The molecule has 1 aromatic heterocycles. The molecule has 24 heavy (non-hydrogen) atoms. The second kappa shape index (κ2) is 7.62. The molecule has 1 aliphatic heterocycles. The Morgan fingerprint density at radius 3 is 2.67 bits per heavy atom. The summed E-state index contributed by atoms with van der Waals surface area (Å²) in [6, 6.07) is 10.2. The monoisotopic (exact) mass is 326 g/mol. The van der Waals surface area contributed by atoms with Gasteiger partial charge in [-0.2, -0.15) is 5.10 Å². The van der Waals surface area contributed by atoms with Crippen molar-refractivity contribution in [1.29, 1.82) is 0 Å². The average molecular weight is 326 g/mol. The Morgan fingerprint density at radius 1 is 1.29 bits per heavy atom. The van der Waals surface area contributed by atoms with E-state index in [1.165, 1.54) is 0 Å². The first-order valence-corrected chi connectivity index (χ1v) is 8.76. The fourth-order valence-electron chi connectivity index (χ4n) is 3.30. The number of nitrogens with two attached hydrogens (primary N) is 1. The summed E-state index contributed by atoms with van der Waals surface area (Å²) < 4.78 is 1.86. The lowest BCUT2D eigenvalue weighted by molar-refractivity contribution is -0.132. The van der Waals surface area contributed by atoms with E-state index in [1.54, 1.807) is 0 Å². The van der Waals surface area contributed by atoms with Crippen LogP contribution in [0.4, 0.5) is 0 Å². The molecule has 1 amide bonds. The molecule has 2 heterocycles. The maximum absolute atomic E-state index is 12.4. The molecule has 0 aliphatic carbocycles. The van der Waals surface area contributed by atoms with Crippen molar-refractivity contribution in [2.24, 2.45) is 11.7 Å². The van der Waals surface area contributed by atoms with Gasteiger partial charge in [-0.3, -0.25) is 4.79 Å². The van der Waals surface area contributed by atoms with Crippen LogP contribution in [0.2, 0.25) is 0 Å². The van der Waals surface area contributed by atoms with Crippen LogP contribution in [-0.2, 0) is 11.2 Å². The summed E-state index contributed by atoms with van der Waals surface area (Å²) in [6.07, 6.45) is 7.18. The van der Waals surface area contributed by atoms with Crippen LogP contribution in [0, 0.1) is 5.92 Å². The van der Waals surface area contributed by atoms with Gasteiger partial charge >= 0.3 is 0 Å². The number of carbonyl (C=O) groups excluding carboxylic acids is 1. The van der Waals surface area contributed by atoms with Crippen molar-refractivity contribution in [3.63, 3.8) is 0 Å². The Hall–Kier alpha value is -2.14. The van der Waals surface area contributed by atoms with Gasteiger partial charge in [0, 0.05) is 31.7 Å². The summed E-state index contributed by atoms with van der Waals surface area (Å²) in [4.78, 5) is 14.4. The number of carbonyl (C=O) groups is 1. The number of hydrogen-bond donors (Lipinski definition) is 1. The van der Waals surface area contributed by atoms with E-state index in [0.717, 1.165) is 43.6 Å². The molecule has 1 aromatic carbocycles. The van der Waals surface area contributed by atoms with Crippen LogP contribution in [0.3, 0.4) is 0 Å². The smallest absolute Gasteiger partial charge is 0.222 e. The molecule has 1 atom stereocenters. The Morgan fingerprint density at radius 2 is 2.00 bits per heavy atom. The van der Waals surface area contributed by atoms with Gasteiger partial charge < -0.3 is 10.6 Å². The van der Waals surface area contributed by atoms with Crippen LogP contribution in [0.5, 0.6) is 0 Å². The predicted molar refractivity (Wildman–Crippen MR) is 94.8 cm³/mol. The van der Waals surface area contributed by atoms with Gasteiger partial charge in [0.2, 0.25) is 5.91 Å². The normalized spacial score (nSPS) is 17.0. The largest absolute Gasteiger partial charge is 0.343 e. The van der Waals surface area contributed by atoms with Gasteiger partial charge in [-0.25, -0.2) is 4.68 Å². The zero-order valence-corrected chi connectivity index (χ0v) is 14.3. The molecule has 5 heteroatoms. The molecular weight excluding hydrogens is 300 g/mol. The lowest BCUT2D eigenvalue weighted by atomic mass is 9.91. The first-order valence-electron chi connectivity index (χ1n) is 8.76. The molecule has 0 radical (unpaired) electrons. The molecule has 1 unspecified atom stereocenters. The second-order valence-electron chi connectivity index (χ2n) is 6.71. The summed E-state index contributed by atoms with van der Waals surface area (Å²) in [7, 11) is 0. The molecule has 1 aliphatic rings. The van der Waals surface area contributed by atoms with Crippen molar-refractivity contribution in [1.82, 2.24) is 14.7 Å². The predicted octanol–water partition coefficient (Wildman–Crippen LogP) is 2.39. The minimum atomic E-state index is 0.228. The van der Waals surface area contributed by atoms with Gasteiger partial charge in [0.05, 0.1) is 11.9 Å². The minimum Gasteiger partial charge on any atom is -0.343 e. The Bertz CT molecular complexity index is 657. The number of aromatic nitrogens is 2. The molecule has 0 saturated carbocycles. The van der Waals surface area contributed by atoms with Crippen LogP contribution in [0.25, 0.3) is 5.69 Å². The SMILES string of the molecule is CC(N)C1CCN(C(=O)CCc2cnn(-c3ccccc3)c2)CC1. The van der Waals surface area contributed by atoms with E-state index < -0.39 is 0 Å². The molecule has 1 saturated heterocycles. The Kier molecular flexibility index (Phi) is 5.30. The van der Waals surface area contributed by atoms with E-state index >= 15 is 0 Å². The molecule has 3 rings (SSSR count). The molecule has 0 bridgehead atoms. The summed E-state index contributed by atoms with van der Waals surface area (Å²) in [5.41, 5.74) is 8.09. The van der Waals surface area contributed by atoms with Gasteiger partial charge in [-0.1, -0.05) is 18.2 Å². The van der Waals surface area contributed by atoms with E-state index in [4.69, 9.17) is 5.73 Å². The molecule has 2 aromatic rings. The number of rotatable bonds is 5. The maximum atomic E-state index is 12.4. The lowest BCUT2D eigenvalue weighted by Crippen LogP contribution is -2.42. The zero-order chi connectivity index (χ0) is 16.9. The van der Waals surface area contributed by atoms with E-state index in [2.05, 4.69) is 12.0 Å². The Balaban J connectivity index is 1.50. The number of hydrogen-bond acceptors (Lipinski definition) is 3. The minimum absolute atomic E-state index is 0.228. The number of benzene rings is 1. The fourth-order valence-corrected chi connectivity index (χ4v) is 3.30. The van der Waals surface area contributed by atoms with E-state index in [1.807, 2.05) is 52.3 Å². The van der Waals surface area contributed by atoms with Gasteiger partial charge in [0.25, 0.3) is 0 Å². The number of nitrogens with zero attached hydrogens (tertiary/aromatic N) is 3. The number of piperidine rings is 1. The highest BCUT2D eigenvalue weighted by Crippen LogP contribution is 2.20. The third kappa shape index (κ3) is 4.03. The lowest BCUT2D eigenvalue weighted by Gasteiger charge is -2.33. The van der Waals surface area contributed by atoms with Gasteiger partial charge in [0.15, 0.2) is 0 Å². The van der Waals surface area contributed by atoms with Gasteiger partial charge in [0.1, 0.15) is 0 Å². The topological polar surface area (TPSA) is 64.2 Å². The van der Waals surface area contributed by atoms with Gasteiger partial charge in [-0.15, -0.1) is 0 Å². The number of likely N-dealkylation sites (tertiary alicyclic amines) is 1. The van der Waals surface area contributed by atoms with E-state index in [9.17, 15) is 4.79 Å². The molecule has 128 valence electrons. The summed E-state index contributed by atoms with van der Waals surface area (Å²) in [6.45, 7) is 3.75. The van der Waals surface area contributed by atoms with Crippen molar-refractivity contribution >= 4 is 5.91 Å². The maximum Gasteiger partial charge on any atom is 0.222 e. The third-order valence-electron chi connectivity index (χ3n) is 4.92. The first-order chi connectivity index (χ1) is 11.6. The quantitative estimate of drug-likeness (QED) is 0.917. The van der Waals surface area contributed by atoms with Crippen LogP contribution >= 0.6 is 0 Å². The molecule has 0 spiro atoms.